The number of hydrogen-bond acceptors (Lipinski definition) is 5. The Balaban J connectivity index is 1.81. The molecular weight excluding hydrogens is 346 g/mol. The highest BCUT2D eigenvalue weighted by Crippen LogP contribution is 2.38. The molecule has 0 aliphatic carbocycles. The zero-order chi connectivity index (χ0) is 19.1. The molecule has 2 amide bonds. The molecule has 0 bridgehead atoms. The Morgan fingerprint density at radius 2 is 1.74 bits per heavy atom. The van der Waals surface area contributed by atoms with Gasteiger partial charge >= 0.3 is 0 Å². The number of para-hydroxylation sites is 1. The molecule has 0 radical (unpaired) electrons. The van der Waals surface area contributed by atoms with Crippen molar-refractivity contribution in [1.29, 1.82) is 0 Å². The lowest BCUT2D eigenvalue weighted by Crippen LogP contribution is -2.34. The number of hydrogen-bond donors (Lipinski definition) is 0. The Morgan fingerprint density at radius 1 is 1.07 bits per heavy atom. The Kier molecular flexibility index (Phi) is 4.14. The van der Waals surface area contributed by atoms with Crippen LogP contribution in [-0.4, -0.2) is 29.8 Å². The van der Waals surface area contributed by atoms with Gasteiger partial charge in [-0.1, -0.05) is 25.1 Å². The van der Waals surface area contributed by atoms with Gasteiger partial charge in [0, 0.05) is 19.2 Å². The van der Waals surface area contributed by atoms with E-state index in [1.807, 2.05) is 4.90 Å². The maximum absolute atomic E-state index is 12.9. The Bertz CT molecular complexity index is 942. The molecule has 27 heavy (non-hydrogen) atoms. The van der Waals surface area contributed by atoms with Crippen LogP contribution in [0.2, 0.25) is 0 Å². The lowest BCUT2D eigenvalue weighted by Gasteiger charge is -2.32. The van der Waals surface area contributed by atoms with Crippen LogP contribution >= 0.6 is 0 Å². The van der Waals surface area contributed by atoms with Crippen LogP contribution in [0.25, 0.3) is 0 Å². The zero-order valence-corrected chi connectivity index (χ0v) is 14.9. The zero-order valence-electron chi connectivity index (χ0n) is 14.9. The Morgan fingerprint density at radius 3 is 2.37 bits per heavy atom. The van der Waals surface area contributed by atoms with Crippen molar-refractivity contribution in [3.8, 4) is 0 Å². The SMILES string of the molecule is C[C@@H]1CCCN(c2cc3c(cc2[N+](=O)[O-])C(=O)N(c2ccccc2)C3=O)C1. The number of nitro groups is 1. The number of nitrogens with zero attached hydrogens (tertiary/aromatic N) is 3. The summed E-state index contributed by atoms with van der Waals surface area (Å²) in [6, 6.07) is 11.4. The van der Waals surface area contributed by atoms with E-state index in [-0.39, 0.29) is 16.8 Å². The molecule has 2 heterocycles. The fourth-order valence-electron chi connectivity index (χ4n) is 3.88. The molecule has 7 nitrogen and oxygen atoms in total. The third kappa shape index (κ3) is 2.85. The van der Waals surface area contributed by atoms with E-state index in [1.165, 1.54) is 12.1 Å². The number of imide groups is 1. The lowest BCUT2D eigenvalue weighted by molar-refractivity contribution is -0.384. The van der Waals surface area contributed by atoms with Gasteiger partial charge in [-0.05, 0) is 37.0 Å². The van der Waals surface area contributed by atoms with Crippen LogP contribution in [0.5, 0.6) is 0 Å². The molecule has 1 atom stereocenters. The topological polar surface area (TPSA) is 83.8 Å². The number of carbonyl (C=O) groups is 2. The van der Waals surface area contributed by atoms with Crippen LogP contribution in [0.1, 0.15) is 40.5 Å². The largest absolute Gasteiger partial charge is 0.366 e. The maximum Gasteiger partial charge on any atom is 0.293 e. The van der Waals surface area contributed by atoms with Gasteiger partial charge < -0.3 is 4.90 Å². The quantitative estimate of drug-likeness (QED) is 0.471. The number of carbonyl (C=O) groups excluding carboxylic acids is 2. The first kappa shape index (κ1) is 17.2. The molecule has 7 heteroatoms. The minimum atomic E-state index is -0.525. The molecule has 4 rings (SSSR count). The van der Waals surface area contributed by atoms with Gasteiger partial charge in [0.05, 0.1) is 21.7 Å². The molecular formula is C20H19N3O4. The minimum absolute atomic E-state index is 0.0874. The van der Waals surface area contributed by atoms with Gasteiger partial charge in [0.15, 0.2) is 0 Å². The summed E-state index contributed by atoms with van der Waals surface area (Å²) in [5.41, 5.74) is 1.06. The molecule has 1 fully saturated rings. The van der Waals surface area contributed by atoms with E-state index in [0.29, 0.717) is 30.4 Å². The standard InChI is InChI=1S/C20H19N3O4/c1-13-6-5-9-21(12-13)17-10-15-16(11-18(17)23(26)27)20(25)22(19(15)24)14-7-3-2-4-8-14/h2-4,7-8,10-11,13H,5-6,9,12H2,1H3/t13-/m1/s1. The van der Waals surface area contributed by atoms with E-state index < -0.39 is 16.7 Å². The van der Waals surface area contributed by atoms with E-state index >= 15 is 0 Å². The number of benzene rings is 2. The van der Waals surface area contributed by atoms with Crippen molar-refractivity contribution in [3.05, 3.63) is 63.7 Å². The van der Waals surface area contributed by atoms with Crippen molar-refractivity contribution in [2.24, 2.45) is 5.92 Å². The molecule has 0 N–H and O–H groups in total. The summed E-state index contributed by atoms with van der Waals surface area (Å²) in [5.74, 6) is -0.546. The molecule has 0 aromatic heterocycles. The number of amides is 2. The molecule has 2 aliphatic heterocycles. The first-order chi connectivity index (χ1) is 13.0. The third-order valence-electron chi connectivity index (χ3n) is 5.19. The molecule has 1 saturated heterocycles. The highest BCUT2D eigenvalue weighted by Gasteiger charge is 2.40. The van der Waals surface area contributed by atoms with E-state index in [4.69, 9.17) is 0 Å². The molecule has 2 aromatic rings. The van der Waals surface area contributed by atoms with Crippen molar-refractivity contribution in [2.45, 2.75) is 19.8 Å². The van der Waals surface area contributed by atoms with Crippen LogP contribution < -0.4 is 9.80 Å². The van der Waals surface area contributed by atoms with Crippen LogP contribution in [0.15, 0.2) is 42.5 Å². The highest BCUT2D eigenvalue weighted by molar-refractivity contribution is 6.35. The van der Waals surface area contributed by atoms with Crippen LogP contribution in [0, 0.1) is 16.0 Å². The lowest BCUT2D eigenvalue weighted by atomic mass is 9.98. The first-order valence-corrected chi connectivity index (χ1v) is 8.98. The average molecular weight is 365 g/mol. The highest BCUT2D eigenvalue weighted by atomic mass is 16.6. The van der Waals surface area contributed by atoms with Gasteiger partial charge in [-0.3, -0.25) is 19.7 Å². The summed E-state index contributed by atoms with van der Waals surface area (Å²) in [6.07, 6.45) is 2.02. The summed E-state index contributed by atoms with van der Waals surface area (Å²) in [7, 11) is 0. The molecule has 2 aliphatic rings. The van der Waals surface area contributed by atoms with Crippen molar-refractivity contribution in [2.75, 3.05) is 22.9 Å². The van der Waals surface area contributed by atoms with E-state index in [9.17, 15) is 19.7 Å². The normalized spacial score (nSPS) is 19.4. The van der Waals surface area contributed by atoms with Gasteiger partial charge in [-0.25, -0.2) is 4.90 Å². The molecule has 2 aromatic carbocycles. The number of anilines is 2. The van der Waals surface area contributed by atoms with Gasteiger partial charge in [0.2, 0.25) is 0 Å². The smallest absolute Gasteiger partial charge is 0.293 e. The van der Waals surface area contributed by atoms with E-state index in [2.05, 4.69) is 6.92 Å². The van der Waals surface area contributed by atoms with Crippen LogP contribution in [-0.2, 0) is 0 Å². The predicted molar refractivity (Wildman–Crippen MR) is 101 cm³/mol. The molecule has 0 spiro atoms. The average Bonchev–Trinajstić information content (AvgIpc) is 2.91. The summed E-state index contributed by atoms with van der Waals surface area (Å²) in [4.78, 5) is 39.9. The van der Waals surface area contributed by atoms with Gasteiger partial charge in [-0.2, -0.15) is 0 Å². The Hall–Kier alpha value is -3.22. The van der Waals surface area contributed by atoms with Crippen molar-refractivity contribution < 1.29 is 14.5 Å². The first-order valence-electron chi connectivity index (χ1n) is 8.98. The second-order valence-electron chi connectivity index (χ2n) is 7.12. The number of rotatable bonds is 3. The Labute approximate surface area is 156 Å². The molecule has 138 valence electrons. The maximum atomic E-state index is 12.9. The summed E-state index contributed by atoms with van der Waals surface area (Å²) < 4.78 is 0. The van der Waals surface area contributed by atoms with Crippen molar-refractivity contribution in [3.63, 3.8) is 0 Å². The van der Waals surface area contributed by atoms with Gasteiger partial charge in [0.1, 0.15) is 5.69 Å². The summed E-state index contributed by atoms with van der Waals surface area (Å²) in [6.45, 7) is 3.51. The number of piperidine rings is 1. The molecule has 0 unspecified atom stereocenters. The van der Waals surface area contributed by atoms with E-state index in [1.54, 1.807) is 30.3 Å². The van der Waals surface area contributed by atoms with Gasteiger partial charge in [-0.15, -0.1) is 0 Å². The minimum Gasteiger partial charge on any atom is -0.366 e. The van der Waals surface area contributed by atoms with Crippen LogP contribution in [0.4, 0.5) is 17.1 Å². The van der Waals surface area contributed by atoms with Gasteiger partial charge in [0.25, 0.3) is 17.5 Å². The van der Waals surface area contributed by atoms with Crippen LogP contribution in [0.3, 0.4) is 0 Å². The summed E-state index contributed by atoms with van der Waals surface area (Å²) in [5, 5.41) is 11.7. The summed E-state index contributed by atoms with van der Waals surface area (Å²) >= 11 is 0. The predicted octanol–water partition coefficient (Wildman–Crippen LogP) is 3.63. The second-order valence-corrected chi connectivity index (χ2v) is 7.12. The number of fused-ring (bicyclic) bond motifs is 1. The fourth-order valence-corrected chi connectivity index (χ4v) is 3.88. The number of nitro benzene ring substituents is 1. The molecule has 0 saturated carbocycles. The monoisotopic (exact) mass is 365 g/mol. The van der Waals surface area contributed by atoms with Crippen molar-refractivity contribution in [1.82, 2.24) is 0 Å². The third-order valence-corrected chi connectivity index (χ3v) is 5.19. The second kappa shape index (κ2) is 6.50. The fraction of sp³-hybridized carbons (Fsp3) is 0.300. The van der Waals surface area contributed by atoms with E-state index in [0.717, 1.165) is 17.7 Å². The van der Waals surface area contributed by atoms with Crippen molar-refractivity contribution >= 4 is 28.9 Å².